The topological polar surface area (TPSA) is 36.4 Å². The Labute approximate surface area is 149 Å². The Bertz CT molecular complexity index is 692. The zero-order valence-corrected chi connectivity index (χ0v) is 14.7. The quantitative estimate of drug-likeness (QED) is 0.787. The van der Waals surface area contributed by atoms with Gasteiger partial charge in [0.25, 0.3) is 0 Å². The van der Waals surface area contributed by atoms with Crippen LogP contribution >= 0.6 is 0 Å². The van der Waals surface area contributed by atoms with Crippen LogP contribution in [0.25, 0.3) is 6.08 Å². The lowest BCUT2D eigenvalue weighted by Crippen LogP contribution is -2.44. The van der Waals surface area contributed by atoms with Crippen molar-refractivity contribution in [1.29, 1.82) is 0 Å². The molecule has 2 aromatic rings. The molecule has 0 aliphatic carbocycles. The number of carbonyl (C=O) groups is 1. The van der Waals surface area contributed by atoms with Crippen LogP contribution in [0.1, 0.15) is 24.0 Å². The molecule has 1 aliphatic rings. The van der Waals surface area contributed by atoms with Crippen molar-refractivity contribution in [3.63, 3.8) is 0 Å². The minimum absolute atomic E-state index is 0.0800. The Kier molecular flexibility index (Phi) is 5.96. The first-order valence-corrected chi connectivity index (χ1v) is 8.83. The van der Waals surface area contributed by atoms with Gasteiger partial charge in [-0.2, -0.15) is 0 Å². The third-order valence-corrected chi connectivity index (χ3v) is 4.83. The highest BCUT2D eigenvalue weighted by molar-refractivity contribution is 5.91. The van der Waals surface area contributed by atoms with Gasteiger partial charge in [-0.05, 0) is 42.2 Å². The van der Waals surface area contributed by atoms with Crippen molar-refractivity contribution in [2.24, 2.45) is 0 Å². The Morgan fingerprint density at radius 2 is 1.84 bits per heavy atom. The first kappa shape index (κ1) is 17.4. The molecule has 1 amide bonds. The number of rotatable bonds is 5. The number of hydrogen-bond donors (Lipinski definition) is 0. The van der Waals surface area contributed by atoms with Gasteiger partial charge >= 0.3 is 0 Å². The molecule has 0 bridgehead atoms. The van der Waals surface area contributed by atoms with E-state index in [4.69, 9.17) is 0 Å². The Balaban J connectivity index is 1.48. The number of carbonyl (C=O) groups excluding carboxylic acids is 1. The lowest BCUT2D eigenvalue weighted by atomic mass is 10.0. The number of pyridine rings is 1. The number of benzene rings is 1. The summed E-state index contributed by atoms with van der Waals surface area (Å²) in [7, 11) is 1.92. The third-order valence-electron chi connectivity index (χ3n) is 4.83. The molecule has 4 nitrogen and oxygen atoms in total. The maximum atomic E-state index is 12.4. The summed E-state index contributed by atoms with van der Waals surface area (Å²) in [5.41, 5.74) is 2.35. The highest BCUT2D eigenvalue weighted by Crippen LogP contribution is 2.18. The largest absolute Gasteiger partial charge is 0.339 e. The smallest absolute Gasteiger partial charge is 0.246 e. The van der Waals surface area contributed by atoms with E-state index in [2.05, 4.69) is 22.0 Å². The SMILES string of the molecule is CN(C(=O)/C=C\c1ccccc1)C1CCN(Cc2ccncc2)CC1. The second kappa shape index (κ2) is 8.58. The summed E-state index contributed by atoms with van der Waals surface area (Å²) >= 11 is 0. The molecule has 1 saturated heterocycles. The van der Waals surface area contributed by atoms with E-state index in [0.717, 1.165) is 38.0 Å². The average Bonchev–Trinajstić information content (AvgIpc) is 2.68. The van der Waals surface area contributed by atoms with Gasteiger partial charge in [-0.15, -0.1) is 0 Å². The molecule has 0 spiro atoms. The van der Waals surface area contributed by atoms with Gasteiger partial charge in [-0.25, -0.2) is 0 Å². The maximum Gasteiger partial charge on any atom is 0.246 e. The van der Waals surface area contributed by atoms with Crippen molar-refractivity contribution in [2.45, 2.75) is 25.4 Å². The van der Waals surface area contributed by atoms with Crippen LogP contribution < -0.4 is 0 Å². The molecule has 0 radical (unpaired) electrons. The van der Waals surface area contributed by atoms with E-state index < -0.39 is 0 Å². The van der Waals surface area contributed by atoms with Crippen LogP contribution in [0.4, 0.5) is 0 Å². The summed E-state index contributed by atoms with van der Waals surface area (Å²) in [6.07, 6.45) is 9.29. The first-order chi connectivity index (χ1) is 12.2. The summed E-state index contributed by atoms with van der Waals surface area (Å²) in [6, 6.07) is 14.4. The van der Waals surface area contributed by atoms with E-state index >= 15 is 0 Å². The standard InChI is InChI=1S/C21H25N3O/c1-23(21(25)8-7-18-5-3-2-4-6-18)20-11-15-24(16-12-20)17-19-9-13-22-14-10-19/h2-10,13-14,20H,11-12,15-17H2,1H3/b8-7-. The van der Waals surface area contributed by atoms with E-state index in [1.165, 1.54) is 5.56 Å². The number of likely N-dealkylation sites (N-methyl/N-ethyl adjacent to an activating group) is 1. The van der Waals surface area contributed by atoms with E-state index in [1.54, 1.807) is 6.08 Å². The number of amides is 1. The molecule has 0 unspecified atom stereocenters. The van der Waals surface area contributed by atoms with Gasteiger partial charge < -0.3 is 4.90 Å². The van der Waals surface area contributed by atoms with Crippen molar-refractivity contribution in [3.8, 4) is 0 Å². The van der Waals surface area contributed by atoms with Crippen LogP contribution in [-0.2, 0) is 11.3 Å². The number of aromatic nitrogens is 1. The van der Waals surface area contributed by atoms with Crippen LogP contribution in [0.5, 0.6) is 0 Å². The average molecular weight is 335 g/mol. The summed E-state index contributed by atoms with van der Waals surface area (Å²) in [5, 5.41) is 0. The summed E-state index contributed by atoms with van der Waals surface area (Å²) in [4.78, 5) is 20.8. The molecule has 4 heteroatoms. The Morgan fingerprint density at radius 1 is 1.16 bits per heavy atom. The molecule has 0 N–H and O–H groups in total. The van der Waals surface area contributed by atoms with E-state index in [9.17, 15) is 4.79 Å². The normalized spacial score (nSPS) is 16.2. The van der Waals surface area contributed by atoms with E-state index in [1.807, 2.05) is 60.7 Å². The maximum absolute atomic E-state index is 12.4. The monoisotopic (exact) mass is 335 g/mol. The Morgan fingerprint density at radius 3 is 2.52 bits per heavy atom. The molecule has 3 rings (SSSR count). The minimum Gasteiger partial charge on any atom is -0.339 e. The number of nitrogens with zero attached hydrogens (tertiary/aromatic N) is 3. The third kappa shape index (κ3) is 5.00. The van der Waals surface area contributed by atoms with Gasteiger partial charge in [0, 0.05) is 51.2 Å². The van der Waals surface area contributed by atoms with Gasteiger partial charge in [0.05, 0.1) is 0 Å². The molecular formula is C21H25N3O. The second-order valence-corrected chi connectivity index (χ2v) is 6.56. The molecule has 0 saturated carbocycles. The summed E-state index contributed by atoms with van der Waals surface area (Å²) in [5.74, 6) is 0.0800. The lowest BCUT2D eigenvalue weighted by molar-refractivity contribution is -0.127. The zero-order valence-electron chi connectivity index (χ0n) is 14.7. The predicted octanol–water partition coefficient (Wildman–Crippen LogP) is 3.22. The molecular weight excluding hydrogens is 310 g/mol. The van der Waals surface area contributed by atoms with Crippen LogP contribution in [0.15, 0.2) is 60.9 Å². The molecule has 1 aliphatic heterocycles. The molecule has 2 heterocycles. The van der Waals surface area contributed by atoms with Crippen molar-refractivity contribution in [2.75, 3.05) is 20.1 Å². The molecule has 130 valence electrons. The molecule has 0 atom stereocenters. The minimum atomic E-state index is 0.0800. The van der Waals surface area contributed by atoms with Crippen molar-refractivity contribution in [3.05, 3.63) is 72.1 Å². The zero-order chi connectivity index (χ0) is 17.5. The molecule has 1 aromatic carbocycles. The highest BCUT2D eigenvalue weighted by atomic mass is 16.2. The summed E-state index contributed by atoms with van der Waals surface area (Å²) < 4.78 is 0. The van der Waals surface area contributed by atoms with Crippen molar-refractivity contribution < 1.29 is 4.79 Å². The second-order valence-electron chi connectivity index (χ2n) is 6.56. The number of likely N-dealkylation sites (tertiary alicyclic amines) is 1. The van der Waals surface area contributed by atoms with Gasteiger partial charge in [-0.3, -0.25) is 14.7 Å². The van der Waals surface area contributed by atoms with Gasteiger partial charge in [0.15, 0.2) is 0 Å². The number of piperidine rings is 1. The lowest BCUT2D eigenvalue weighted by Gasteiger charge is -2.36. The van der Waals surface area contributed by atoms with Crippen molar-refractivity contribution in [1.82, 2.24) is 14.8 Å². The van der Waals surface area contributed by atoms with Crippen LogP contribution in [0, 0.1) is 0 Å². The van der Waals surface area contributed by atoms with E-state index in [0.29, 0.717) is 6.04 Å². The summed E-state index contributed by atoms with van der Waals surface area (Å²) in [6.45, 7) is 3.00. The molecule has 25 heavy (non-hydrogen) atoms. The van der Waals surface area contributed by atoms with Gasteiger partial charge in [-0.1, -0.05) is 30.3 Å². The van der Waals surface area contributed by atoms with Crippen LogP contribution in [0.2, 0.25) is 0 Å². The van der Waals surface area contributed by atoms with E-state index in [-0.39, 0.29) is 5.91 Å². The fraction of sp³-hybridized carbons (Fsp3) is 0.333. The van der Waals surface area contributed by atoms with Gasteiger partial charge in [0.2, 0.25) is 5.91 Å². The van der Waals surface area contributed by atoms with Crippen LogP contribution in [0.3, 0.4) is 0 Å². The first-order valence-electron chi connectivity index (χ1n) is 8.83. The van der Waals surface area contributed by atoms with Crippen molar-refractivity contribution >= 4 is 12.0 Å². The van der Waals surface area contributed by atoms with Gasteiger partial charge in [0.1, 0.15) is 0 Å². The Hall–Kier alpha value is -2.46. The fourth-order valence-corrected chi connectivity index (χ4v) is 3.24. The molecule has 1 aromatic heterocycles. The fourth-order valence-electron chi connectivity index (χ4n) is 3.24. The highest BCUT2D eigenvalue weighted by Gasteiger charge is 2.24. The molecule has 1 fully saturated rings. The predicted molar refractivity (Wildman–Crippen MR) is 101 cm³/mol. The van der Waals surface area contributed by atoms with Crippen LogP contribution in [-0.4, -0.2) is 46.9 Å². The number of hydrogen-bond acceptors (Lipinski definition) is 3.